The second kappa shape index (κ2) is 3.01. The lowest BCUT2D eigenvalue weighted by molar-refractivity contribution is -0.137. The quantitative estimate of drug-likeness (QED) is 0.410. The monoisotopic (exact) mass is 208 g/mol. The maximum absolute atomic E-state index is 11.0. The Morgan fingerprint density at radius 1 is 1.77 bits per heavy atom. The molecule has 3 N–H and O–H groups in total. The van der Waals surface area contributed by atoms with Crippen molar-refractivity contribution in [3.8, 4) is 0 Å². The van der Waals surface area contributed by atoms with Gasteiger partial charge in [-0.2, -0.15) is 0 Å². The molecule has 0 spiro atoms. The van der Waals surface area contributed by atoms with Gasteiger partial charge >= 0.3 is 6.09 Å². The van der Waals surface area contributed by atoms with Crippen LogP contribution in [-0.2, 0) is 9.36 Å². The van der Waals surface area contributed by atoms with Crippen molar-refractivity contribution in [2.24, 2.45) is 0 Å². The third-order valence-corrected chi connectivity index (χ3v) is 2.91. The Morgan fingerprint density at radius 2 is 2.31 bits per heavy atom. The molecule has 1 aliphatic heterocycles. The summed E-state index contributed by atoms with van der Waals surface area (Å²) in [5.41, 5.74) is 0. The van der Waals surface area contributed by atoms with Crippen molar-refractivity contribution in [2.45, 2.75) is 6.04 Å². The largest absolute Gasteiger partial charge is 0.465 e. The predicted molar refractivity (Wildman–Crippen MR) is 42.4 cm³/mol. The third kappa shape index (κ3) is 1.99. The highest BCUT2D eigenvalue weighted by Gasteiger charge is 2.44. The minimum absolute atomic E-state index is 0.0462. The molecule has 0 aromatic heterocycles. The molecular weight excluding hydrogens is 199 g/mol. The molecule has 0 bridgehead atoms. The molecule has 1 unspecified atom stereocenters. The molecular formula is C5H9N2O5P. The van der Waals surface area contributed by atoms with Gasteiger partial charge in [0.25, 0.3) is 13.4 Å². The number of carboxylic acid groups (broad SMARTS) is 1. The molecule has 1 fully saturated rings. The first kappa shape index (κ1) is 10.0. The molecule has 0 saturated carbocycles. The standard InChI is InChI=1S/C5H9N2O5P/c1-13(11,12)7-2-3(4(7)8)6-5(9)10/h3,6H,2H2,1H3,(H,9,10)(H,11,12)/t3-/m0/s1. The Kier molecular flexibility index (Phi) is 2.32. The van der Waals surface area contributed by atoms with Gasteiger partial charge in [0.05, 0.1) is 6.54 Å². The summed E-state index contributed by atoms with van der Waals surface area (Å²) < 4.78 is 11.7. The molecule has 1 saturated heterocycles. The van der Waals surface area contributed by atoms with Gasteiger partial charge < -0.3 is 15.3 Å². The second-order valence-corrected chi connectivity index (χ2v) is 4.91. The summed E-state index contributed by atoms with van der Waals surface area (Å²) in [6.07, 6.45) is -1.32. The van der Waals surface area contributed by atoms with E-state index in [4.69, 9.17) is 10.00 Å². The van der Waals surface area contributed by atoms with E-state index >= 15 is 0 Å². The summed E-state index contributed by atoms with van der Waals surface area (Å²) in [4.78, 5) is 30.0. The van der Waals surface area contributed by atoms with E-state index in [2.05, 4.69) is 0 Å². The Labute approximate surface area is 73.8 Å². The predicted octanol–water partition coefficient (Wildman–Crippen LogP) is -0.720. The van der Waals surface area contributed by atoms with Crippen LogP contribution >= 0.6 is 7.52 Å². The van der Waals surface area contributed by atoms with Crippen LogP contribution in [-0.4, -0.2) is 45.9 Å². The van der Waals surface area contributed by atoms with Crippen LogP contribution in [0, 0.1) is 0 Å². The summed E-state index contributed by atoms with van der Waals surface area (Å²) >= 11 is 0. The normalized spacial score (nSPS) is 26.2. The van der Waals surface area contributed by atoms with Crippen molar-refractivity contribution in [3.05, 3.63) is 0 Å². The Morgan fingerprint density at radius 3 is 2.62 bits per heavy atom. The highest BCUT2D eigenvalue weighted by atomic mass is 31.2. The number of hydrogen-bond donors (Lipinski definition) is 3. The van der Waals surface area contributed by atoms with Crippen LogP contribution in [0.5, 0.6) is 0 Å². The molecule has 1 heterocycles. The number of carbonyl (C=O) groups is 2. The maximum Gasteiger partial charge on any atom is 0.405 e. The van der Waals surface area contributed by atoms with Crippen molar-refractivity contribution in [2.75, 3.05) is 13.2 Å². The summed E-state index contributed by atoms with van der Waals surface area (Å²) in [7, 11) is -3.56. The van der Waals surface area contributed by atoms with Crippen LogP contribution in [0.3, 0.4) is 0 Å². The number of amides is 2. The van der Waals surface area contributed by atoms with E-state index in [-0.39, 0.29) is 6.54 Å². The fourth-order valence-electron chi connectivity index (χ4n) is 0.999. The van der Waals surface area contributed by atoms with Gasteiger partial charge in [-0.05, 0) is 0 Å². The molecule has 8 heteroatoms. The minimum atomic E-state index is -3.56. The van der Waals surface area contributed by atoms with Gasteiger partial charge in [-0.15, -0.1) is 0 Å². The van der Waals surface area contributed by atoms with E-state index in [1.54, 1.807) is 0 Å². The molecule has 0 aromatic rings. The van der Waals surface area contributed by atoms with E-state index in [0.717, 1.165) is 11.3 Å². The van der Waals surface area contributed by atoms with Gasteiger partial charge in [0, 0.05) is 6.66 Å². The van der Waals surface area contributed by atoms with Gasteiger partial charge in [0.2, 0.25) is 0 Å². The molecule has 7 nitrogen and oxygen atoms in total. The molecule has 2 atom stereocenters. The van der Waals surface area contributed by atoms with E-state index in [9.17, 15) is 14.2 Å². The SMILES string of the molecule is CP(=O)(O)N1C[C@H](NC(=O)O)C1=O. The number of carbonyl (C=O) groups excluding carboxylic acids is 1. The van der Waals surface area contributed by atoms with Crippen molar-refractivity contribution in [1.82, 2.24) is 9.99 Å². The van der Waals surface area contributed by atoms with Gasteiger partial charge in [-0.3, -0.25) is 14.0 Å². The van der Waals surface area contributed by atoms with Gasteiger partial charge in [-0.1, -0.05) is 0 Å². The smallest absolute Gasteiger partial charge is 0.405 e. The van der Waals surface area contributed by atoms with Crippen LogP contribution in [0.15, 0.2) is 0 Å². The first-order valence-electron chi connectivity index (χ1n) is 3.44. The van der Waals surface area contributed by atoms with Crippen LogP contribution in [0.2, 0.25) is 0 Å². The van der Waals surface area contributed by atoms with E-state index < -0.39 is 25.6 Å². The zero-order chi connectivity index (χ0) is 10.2. The number of nitrogens with one attached hydrogen (secondary N) is 1. The van der Waals surface area contributed by atoms with E-state index in [1.165, 1.54) is 0 Å². The second-order valence-electron chi connectivity index (χ2n) is 2.76. The molecule has 13 heavy (non-hydrogen) atoms. The average molecular weight is 208 g/mol. The third-order valence-electron chi connectivity index (χ3n) is 1.65. The molecule has 2 amide bonds. The van der Waals surface area contributed by atoms with Crippen molar-refractivity contribution >= 4 is 19.5 Å². The lowest BCUT2D eigenvalue weighted by Gasteiger charge is -2.38. The average Bonchev–Trinajstić information content (AvgIpc) is 1.93. The van der Waals surface area contributed by atoms with Gasteiger partial charge in [0.1, 0.15) is 6.04 Å². The van der Waals surface area contributed by atoms with Gasteiger partial charge in [0.15, 0.2) is 0 Å². The van der Waals surface area contributed by atoms with Gasteiger partial charge in [-0.25, -0.2) is 4.79 Å². The number of hydrogen-bond acceptors (Lipinski definition) is 3. The maximum atomic E-state index is 11.0. The fourth-order valence-corrected chi connectivity index (χ4v) is 1.97. The number of β-lactam (4-membered cyclic amide) rings is 1. The Hall–Kier alpha value is -1.07. The summed E-state index contributed by atoms with van der Waals surface area (Å²) in [5.74, 6) is -0.657. The fraction of sp³-hybridized carbons (Fsp3) is 0.600. The Balaban J connectivity index is 2.54. The van der Waals surface area contributed by atoms with Crippen molar-refractivity contribution in [1.29, 1.82) is 0 Å². The van der Waals surface area contributed by atoms with Crippen LogP contribution in [0.25, 0.3) is 0 Å². The topological polar surface area (TPSA) is 107 Å². The van der Waals surface area contributed by atoms with Crippen molar-refractivity contribution < 1.29 is 24.2 Å². The molecule has 1 aliphatic rings. The van der Waals surface area contributed by atoms with Crippen LogP contribution < -0.4 is 5.32 Å². The number of nitrogens with zero attached hydrogens (tertiary/aromatic N) is 1. The molecule has 0 aromatic carbocycles. The summed E-state index contributed by atoms with van der Waals surface area (Å²) in [5, 5.41) is 10.2. The summed E-state index contributed by atoms with van der Waals surface area (Å²) in [6.45, 7) is 0.983. The zero-order valence-electron chi connectivity index (χ0n) is 6.80. The highest BCUT2D eigenvalue weighted by molar-refractivity contribution is 7.55. The lowest BCUT2D eigenvalue weighted by Crippen LogP contribution is -2.61. The first-order chi connectivity index (χ1) is 5.82. The number of rotatable bonds is 2. The minimum Gasteiger partial charge on any atom is -0.465 e. The lowest BCUT2D eigenvalue weighted by atomic mass is 10.2. The van der Waals surface area contributed by atoms with Crippen LogP contribution in [0.4, 0.5) is 4.79 Å². The molecule has 0 radical (unpaired) electrons. The molecule has 74 valence electrons. The van der Waals surface area contributed by atoms with E-state index in [0.29, 0.717) is 0 Å². The van der Waals surface area contributed by atoms with E-state index in [1.807, 2.05) is 5.32 Å². The van der Waals surface area contributed by atoms with Crippen molar-refractivity contribution in [3.63, 3.8) is 0 Å². The highest BCUT2D eigenvalue weighted by Crippen LogP contribution is 2.44. The summed E-state index contributed by atoms with van der Waals surface area (Å²) in [6, 6.07) is -0.877. The zero-order valence-corrected chi connectivity index (χ0v) is 7.69. The Bertz CT molecular complexity index is 297. The first-order valence-corrected chi connectivity index (χ1v) is 5.50. The van der Waals surface area contributed by atoms with Crippen LogP contribution in [0.1, 0.15) is 0 Å². The molecule has 1 rings (SSSR count). The molecule has 0 aliphatic carbocycles.